The van der Waals surface area contributed by atoms with Gasteiger partial charge in [0.1, 0.15) is 11.6 Å². The van der Waals surface area contributed by atoms with Gasteiger partial charge in [-0.25, -0.2) is 9.37 Å². The molecule has 8 heteroatoms. The number of amides is 1. The van der Waals surface area contributed by atoms with Gasteiger partial charge in [0.15, 0.2) is 11.7 Å². The quantitative estimate of drug-likeness (QED) is 0.434. The topological polar surface area (TPSA) is 45.7 Å². The van der Waals surface area contributed by atoms with Crippen molar-refractivity contribution in [1.82, 2.24) is 9.88 Å². The fourth-order valence-electron chi connectivity index (χ4n) is 3.19. The molecule has 1 heterocycles. The van der Waals surface area contributed by atoms with Crippen LogP contribution in [0.3, 0.4) is 0 Å². The molecule has 0 aliphatic rings. The molecule has 31 heavy (non-hydrogen) atoms. The zero-order chi connectivity index (χ0) is 21.7. The Morgan fingerprint density at radius 2 is 1.74 bits per heavy atom. The number of fused-ring (bicyclic) bond motifs is 1. The van der Waals surface area contributed by atoms with Gasteiger partial charge in [0, 0.05) is 13.1 Å². The molecule has 0 spiro atoms. The molecule has 1 amide bonds. The van der Waals surface area contributed by atoms with Gasteiger partial charge in [0.2, 0.25) is 0 Å². The zero-order valence-electron chi connectivity index (χ0n) is 18.4. The summed E-state index contributed by atoms with van der Waals surface area (Å²) in [6.45, 7) is 11.3. The third-order valence-corrected chi connectivity index (χ3v) is 6.36. The van der Waals surface area contributed by atoms with Crippen molar-refractivity contribution in [2.24, 2.45) is 0 Å². The number of carbonyl (C=O) groups excluding carboxylic acids is 1. The number of ether oxygens (including phenoxy) is 1. The standard InChI is InChI=1S/C23H28FN3O2S.ClH/c1-5-26(6-2)13-14-27(21(28)15-29-19-10-8-18(24)9-11-19)23-25-22-17(4)16(3)7-12-20(22)30-23;/h7-12H,5-6,13-15H2,1-4H3;1H. The predicted octanol–water partition coefficient (Wildman–Crippen LogP) is 5.23. The Morgan fingerprint density at radius 3 is 2.39 bits per heavy atom. The number of carbonyl (C=O) groups is 1. The van der Waals surface area contributed by atoms with Crippen LogP contribution in [0.25, 0.3) is 10.2 Å². The van der Waals surface area contributed by atoms with Gasteiger partial charge in [-0.3, -0.25) is 9.69 Å². The van der Waals surface area contributed by atoms with E-state index in [1.807, 2.05) is 0 Å². The molecule has 1 aromatic heterocycles. The molecule has 0 radical (unpaired) electrons. The summed E-state index contributed by atoms with van der Waals surface area (Å²) < 4.78 is 19.8. The predicted molar refractivity (Wildman–Crippen MR) is 128 cm³/mol. The van der Waals surface area contributed by atoms with Crippen LogP contribution in [0.15, 0.2) is 36.4 Å². The van der Waals surface area contributed by atoms with E-state index in [1.54, 1.807) is 4.90 Å². The number of aromatic nitrogens is 1. The summed E-state index contributed by atoms with van der Waals surface area (Å²) >= 11 is 1.52. The summed E-state index contributed by atoms with van der Waals surface area (Å²) in [5, 5.41) is 0.679. The molecule has 2 aromatic carbocycles. The van der Waals surface area contributed by atoms with E-state index in [2.05, 4.69) is 44.7 Å². The normalized spacial score (nSPS) is 10.9. The van der Waals surface area contributed by atoms with E-state index < -0.39 is 0 Å². The first-order valence-corrected chi connectivity index (χ1v) is 11.0. The van der Waals surface area contributed by atoms with E-state index >= 15 is 0 Å². The van der Waals surface area contributed by atoms with E-state index in [1.165, 1.54) is 41.2 Å². The highest BCUT2D eigenvalue weighted by Gasteiger charge is 2.21. The number of aryl methyl sites for hydroxylation is 2. The van der Waals surface area contributed by atoms with Gasteiger partial charge in [-0.15, -0.1) is 12.4 Å². The van der Waals surface area contributed by atoms with Crippen molar-refractivity contribution >= 4 is 45.0 Å². The van der Waals surface area contributed by atoms with Crippen LogP contribution in [0.2, 0.25) is 0 Å². The van der Waals surface area contributed by atoms with Crippen LogP contribution in [-0.2, 0) is 4.79 Å². The minimum Gasteiger partial charge on any atom is -0.484 e. The second-order valence-corrected chi connectivity index (χ2v) is 8.17. The van der Waals surface area contributed by atoms with E-state index in [-0.39, 0.29) is 30.7 Å². The van der Waals surface area contributed by atoms with Crippen molar-refractivity contribution in [3.63, 3.8) is 0 Å². The second-order valence-electron chi connectivity index (χ2n) is 7.17. The van der Waals surface area contributed by atoms with Gasteiger partial charge in [-0.2, -0.15) is 0 Å². The number of hydrogen-bond acceptors (Lipinski definition) is 5. The Morgan fingerprint density at radius 1 is 1.06 bits per heavy atom. The van der Waals surface area contributed by atoms with Gasteiger partial charge in [-0.05, 0) is 68.4 Å². The average molecular weight is 466 g/mol. The average Bonchev–Trinajstić information content (AvgIpc) is 3.18. The van der Waals surface area contributed by atoms with Gasteiger partial charge >= 0.3 is 0 Å². The highest BCUT2D eigenvalue weighted by Crippen LogP contribution is 2.32. The molecule has 168 valence electrons. The van der Waals surface area contributed by atoms with Crippen molar-refractivity contribution in [3.8, 4) is 5.75 Å². The number of benzene rings is 2. The molecule has 3 rings (SSSR count). The Bertz CT molecular complexity index is 1010. The maximum absolute atomic E-state index is 13.1. The van der Waals surface area contributed by atoms with Crippen molar-refractivity contribution in [3.05, 3.63) is 53.3 Å². The molecule has 0 unspecified atom stereocenters. The van der Waals surface area contributed by atoms with Crippen LogP contribution in [0.1, 0.15) is 25.0 Å². The smallest absolute Gasteiger partial charge is 0.266 e. The molecule has 0 aliphatic heterocycles. The first-order valence-electron chi connectivity index (χ1n) is 10.2. The Kier molecular flexibility index (Phi) is 9.22. The summed E-state index contributed by atoms with van der Waals surface area (Å²) in [5.74, 6) is -0.0428. The lowest BCUT2D eigenvalue weighted by Gasteiger charge is -2.24. The summed E-state index contributed by atoms with van der Waals surface area (Å²) in [5.41, 5.74) is 3.25. The number of nitrogens with zero attached hydrogens (tertiary/aromatic N) is 3. The van der Waals surface area contributed by atoms with Crippen molar-refractivity contribution < 1.29 is 13.9 Å². The third kappa shape index (κ3) is 6.15. The maximum Gasteiger partial charge on any atom is 0.266 e. The first kappa shape index (κ1) is 25.0. The molecular weight excluding hydrogens is 437 g/mol. The number of thiazole rings is 1. The van der Waals surface area contributed by atoms with Gasteiger partial charge in [0.05, 0.1) is 10.2 Å². The summed E-state index contributed by atoms with van der Waals surface area (Å²) in [6, 6.07) is 9.81. The van der Waals surface area contributed by atoms with Gasteiger partial charge in [-0.1, -0.05) is 31.3 Å². The van der Waals surface area contributed by atoms with Gasteiger partial charge < -0.3 is 9.64 Å². The fourth-order valence-corrected chi connectivity index (χ4v) is 4.26. The second kappa shape index (κ2) is 11.4. The summed E-state index contributed by atoms with van der Waals surface area (Å²) in [6.07, 6.45) is 0. The fraction of sp³-hybridized carbons (Fsp3) is 0.391. The lowest BCUT2D eigenvalue weighted by Crippen LogP contribution is -2.41. The minimum atomic E-state index is -0.338. The molecule has 3 aromatic rings. The van der Waals surface area contributed by atoms with Crippen LogP contribution in [0.5, 0.6) is 5.75 Å². The van der Waals surface area contributed by atoms with Crippen LogP contribution in [0.4, 0.5) is 9.52 Å². The van der Waals surface area contributed by atoms with Crippen LogP contribution >= 0.6 is 23.7 Å². The van der Waals surface area contributed by atoms with Gasteiger partial charge in [0.25, 0.3) is 5.91 Å². The molecule has 0 bridgehead atoms. The summed E-state index contributed by atoms with van der Waals surface area (Å²) in [4.78, 5) is 21.8. The SMILES string of the molecule is CCN(CC)CCN(C(=O)COc1ccc(F)cc1)c1nc2c(C)c(C)ccc2s1.Cl. The molecule has 0 atom stereocenters. The number of halogens is 2. The zero-order valence-corrected chi connectivity index (χ0v) is 20.0. The molecule has 5 nitrogen and oxygen atoms in total. The van der Waals surface area contributed by atoms with E-state index in [0.29, 0.717) is 17.4 Å². The monoisotopic (exact) mass is 465 g/mol. The Hall–Kier alpha value is -2.22. The highest BCUT2D eigenvalue weighted by atomic mass is 35.5. The minimum absolute atomic E-state index is 0. The third-order valence-electron chi connectivity index (χ3n) is 5.32. The molecule has 0 aliphatic carbocycles. The Labute approximate surface area is 193 Å². The number of hydrogen-bond donors (Lipinski definition) is 0. The van der Waals surface area contributed by atoms with E-state index in [9.17, 15) is 9.18 Å². The maximum atomic E-state index is 13.1. The molecule has 0 saturated carbocycles. The largest absolute Gasteiger partial charge is 0.484 e. The molecule has 0 saturated heterocycles. The highest BCUT2D eigenvalue weighted by molar-refractivity contribution is 7.22. The lowest BCUT2D eigenvalue weighted by atomic mass is 10.1. The van der Waals surface area contributed by atoms with Crippen LogP contribution in [0, 0.1) is 19.7 Å². The first-order chi connectivity index (χ1) is 14.4. The number of anilines is 1. The van der Waals surface area contributed by atoms with E-state index in [4.69, 9.17) is 9.72 Å². The van der Waals surface area contributed by atoms with Crippen molar-refractivity contribution in [1.29, 1.82) is 0 Å². The van der Waals surface area contributed by atoms with Crippen molar-refractivity contribution in [2.45, 2.75) is 27.7 Å². The van der Waals surface area contributed by atoms with Crippen LogP contribution < -0.4 is 9.64 Å². The number of likely N-dealkylation sites (N-methyl/N-ethyl adjacent to an activating group) is 1. The Balaban J connectivity index is 0.00000341. The lowest BCUT2D eigenvalue weighted by molar-refractivity contribution is -0.120. The van der Waals surface area contributed by atoms with Crippen LogP contribution in [-0.4, -0.2) is 48.6 Å². The molecule has 0 fully saturated rings. The number of rotatable bonds is 9. The summed E-state index contributed by atoms with van der Waals surface area (Å²) in [7, 11) is 0. The molecule has 0 N–H and O–H groups in total. The van der Waals surface area contributed by atoms with E-state index in [0.717, 1.165) is 35.4 Å². The molecular formula is C23H29ClFN3O2S. The van der Waals surface area contributed by atoms with Crippen molar-refractivity contribution in [2.75, 3.05) is 37.7 Å².